The molecule has 0 aliphatic carbocycles. The van der Waals surface area contributed by atoms with Crippen molar-refractivity contribution >= 4 is 39.1 Å². The molecule has 1 saturated heterocycles. The maximum Gasteiger partial charge on any atom is 0.262 e. The number of rotatable bonds is 6. The molecule has 1 unspecified atom stereocenters. The third-order valence-electron chi connectivity index (χ3n) is 7.80. The molecule has 42 heavy (non-hydrogen) atoms. The minimum Gasteiger partial charge on any atom is -0.306 e. The average molecular weight is 576 g/mol. The highest BCUT2D eigenvalue weighted by atomic mass is 32.2. The van der Waals surface area contributed by atoms with Crippen molar-refractivity contribution in [2.24, 2.45) is 0 Å². The van der Waals surface area contributed by atoms with Crippen molar-refractivity contribution in [1.82, 2.24) is 28.7 Å². The Morgan fingerprint density at radius 1 is 0.952 bits per heavy atom. The second-order valence-electron chi connectivity index (χ2n) is 10.6. The number of carbonyl (C=O) groups excluding carboxylic acids is 1. The fourth-order valence-electron chi connectivity index (χ4n) is 5.48. The fourth-order valence-corrected chi connectivity index (χ4v) is 6.74. The Morgan fingerprint density at radius 2 is 1.74 bits per heavy atom. The first-order chi connectivity index (χ1) is 20.5. The quantitative estimate of drug-likeness (QED) is 0.282. The van der Waals surface area contributed by atoms with Gasteiger partial charge in [-0.1, -0.05) is 48.0 Å². The average Bonchev–Trinajstić information content (AvgIpc) is 3.66. The number of hydrogen-bond acceptors (Lipinski definition) is 5. The van der Waals surface area contributed by atoms with Gasteiger partial charge in [0.25, 0.3) is 5.91 Å². The number of aryl methyl sites for hydroxylation is 1. The first-order valence-corrected chi connectivity index (χ1v) is 15.1. The van der Waals surface area contributed by atoms with Gasteiger partial charge in [0.05, 0.1) is 22.5 Å². The number of nitrogens with zero attached hydrogens (tertiary/aromatic N) is 6. The molecule has 0 radical (unpaired) electrons. The number of hydrogen-bond donors (Lipinski definition) is 1. The number of fused-ring (bicyclic) bond motifs is 2. The van der Waals surface area contributed by atoms with Crippen LogP contribution in [0, 0.1) is 6.92 Å². The van der Waals surface area contributed by atoms with Crippen molar-refractivity contribution in [3.05, 3.63) is 114 Å². The number of piperidine rings is 1. The standard InChI is InChI=1S/C32H29N7O2S/c1-22-7-10-26(11-8-22)39-30(35-32(40)28-21-34-38-16-4-15-33-31(28)38)20-29(36-39)24-13-17-37(18-14-24)42(41)27-12-9-23-5-2-3-6-25(23)19-27/h2-12,15-16,19-21,24H,13-14,17-18H2,1H3,(H,35,40). The third kappa shape index (κ3) is 4.99. The largest absolute Gasteiger partial charge is 0.306 e. The second-order valence-corrected chi connectivity index (χ2v) is 12.0. The molecule has 4 heterocycles. The molecule has 1 aliphatic rings. The summed E-state index contributed by atoms with van der Waals surface area (Å²) in [5.41, 5.74) is 3.78. The lowest BCUT2D eigenvalue weighted by Gasteiger charge is -2.30. The Hall–Kier alpha value is -4.67. The second kappa shape index (κ2) is 11.0. The zero-order chi connectivity index (χ0) is 28.6. The molecule has 0 spiro atoms. The summed E-state index contributed by atoms with van der Waals surface area (Å²) in [6, 6.07) is 25.9. The van der Waals surface area contributed by atoms with Crippen molar-refractivity contribution in [3.8, 4) is 5.69 Å². The van der Waals surface area contributed by atoms with Crippen LogP contribution in [0.5, 0.6) is 0 Å². The van der Waals surface area contributed by atoms with Crippen molar-refractivity contribution in [2.75, 3.05) is 18.4 Å². The molecule has 1 atom stereocenters. The molecule has 10 heteroatoms. The van der Waals surface area contributed by atoms with Gasteiger partial charge in [-0.2, -0.15) is 10.2 Å². The summed E-state index contributed by atoms with van der Waals surface area (Å²) in [6.07, 6.45) is 6.55. The maximum atomic E-state index is 13.4. The summed E-state index contributed by atoms with van der Waals surface area (Å²) >= 11 is 0. The van der Waals surface area contributed by atoms with Crippen LogP contribution in [0.1, 0.15) is 40.4 Å². The highest BCUT2D eigenvalue weighted by Gasteiger charge is 2.28. The van der Waals surface area contributed by atoms with E-state index in [2.05, 4.69) is 27.5 Å². The van der Waals surface area contributed by atoms with Crippen LogP contribution in [0.2, 0.25) is 0 Å². The van der Waals surface area contributed by atoms with Crippen LogP contribution in [-0.2, 0) is 11.0 Å². The van der Waals surface area contributed by atoms with Crippen LogP contribution < -0.4 is 5.32 Å². The normalized spacial score (nSPS) is 15.3. The van der Waals surface area contributed by atoms with Crippen molar-refractivity contribution < 1.29 is 9.00 Å². The summed E-state index contributed by atoms with van der Waals surface area (Å²) in [6.45, 7) is 3.42. The molecule has 1 aliphatic heterocycles. The monoisotopic (exact) mass is 575 g/mol. The van der Waals surface area contributed by atoms with E-state index in [4.69, 9.17) is 5.10 Å². The summed E-state index contributed by atoms with van der Waals surface area (Å²) in [5.74, 6) is 0.455. The third-order valence-corrected chi connectivity index (χ3v) is 9.29. The van der Waals surface area contributed by atoms with Crippen LogP contribution in [0.3, 0.4) is 0 Å². The predicted octanol–water partition coefficient (Wildman–Crippen LogP) is 5.53. The summed E-state index contributed by atoms with van der Waals surface area (Å²) in [7, 11) is -1.23. The van der Waals surface area contributed by atoms with Crippen molar-refractivity contribution in [2.45, 2.75) is 30.6 Å². The van der Waals surface area contributed by atoms with E-state index in [1.54, 1.807) is 27.7 Å². The first-order valence-electron chi connectivity index (χ1n) is 14.0. The van der Waals surface area contributed by atoms with Gasteiger partial charge in [-0.15, -0.1) is 0 Å². The molecule has 0 saturated carbocycles. The maximum absolute atomic E-state index is 13.4. The molecular weight excluding hydrogens is 546 g/mol. The van der Waals surface area contributed by atoms with Gasteiger partial charge in [0.15, 0.2) is 5.65 Å². The van der Waals surface area contributed by atoms with Gasteiger partial charge in [0.1, 0.15) is 22.4 Å². The lowest BCUT2D eigenvalue weighted by atomic mass is 9.95. The van der Waals surface area contributed by atoms with Crippen molar-refractivity contribution in [1.29, 1.82) is 0 Å². The molecule has 1 N–H and O–H groups in total. The number of carbonyl (C=O) groups is 1. The van der Waals surface area contributed by atoms with E-state index < -0.39 is 11.0 Å². The lowest BCUT2D eigenvalue weighted by molar-refractivity contribution is 0.102. The number of nitrogens with one attached hydrogen (secondary N) is 1. The van der Waals surface area contributed by atoms with Crippen molar-refractivity contribution in [3.63, 3.8) is 0 Å². The van der Waals surface area contributed by atoms with Crippen LogP contribution >= 0.6 is 0 Å². The van der Waals surface area contributed by atoms with E-state index >= 15 is 0 Å². The molecule has 7 rings (SSSR count). The smallest absolute Gasteiger partial charge is 0.262 e. The summed E-state index contributed by atoms with van der Waals surface area (Å²) < 4.78 is 18.8. The van der Waals surface area contributed by atoms with Gasteiger partial charge >= 0.3 is 0 Å². The Morgan fingerprint density at radius 3 is 2.55 bits per heavy atom. The van der Waals surface area contributed by atoms with E-state index in [0.29, 0.717) is 30.1 Å². The molecule has 1 amide bonds. The van der Waals surface area contributed by atoms with E-state index in [-0.39, 0.29) is 11.8 Å². The molecule has 210 valence electrons. The van der Waals surface area contributed by atoms with Crippen LogP contribution in [0.25, 0.3) is 22.1 Å². The van der Waals surface area contributed by atoms with E-state index in [0.717, 1.165) is 45.5 Å². The zero-order valence-corrected chi connectivity index (χ0v) is 23.9. The SMILES string of the molecule is Cc1ccc(-n2nc(C3CCN(S(=O)c4ccc5ccccc5c4)CC3)cc2NC(=O)c2cnn3cccnc23)cc1. The molecule has 3 aromatic heterocycles. The fraction of sp³-hybridized carbons (Fsp3) is 0.188. The topological polar surface area (TPSA) is 97.4 Å². The Labute approximate surface area is 245 Å². The van der Waals surface area contributed by atoms with Gasteiger partial charge in [-0.05, 0) is 60.9 Å². The lowest BCUT2D eigenvalue weighted by Crippen LogP contribution is -2.34. The highest BCUT2D eigenvalue weighted by molar-refractivity contribution is 7.82. The van der Waals surface area contributed by atoms with Gasteiger partial charge in [-0.25, -0.2) is 22.7 Å². The molecule has 1 fully saturated rings. The summed E-state index contributed by atoms with van der Waals surface area (Å²) in [5, 5.41) is 14.5. The van der Waals surface area contributed by atoms with Gasteiger partial charge in [0.2, 0.25) is 0 Å². The minimum absolute atomic E-state index is 0.177. The molecular formula is C32H29N7O2S. The summed E-state index contributed by atoms with van der Waals surface area (Å²) in [4.78, 5) is 18.5. The number of benzene rings is 3. The van der Waals surface area contributed by atoms with Gasteiger partial charge in [-0.3, -0.25) is 4.79 Å². The zero-order valence-electron chi connectivity index (χ0n) is 23.1. The molecule has 6 aromatic rings. The predicted molar refractivity (Wildman–Crippen MR) is 163 cm³/mol. The molecule has 3 aromatic carbocycles. The molecule has 0 bridgehead atoms. The van der Waals surface area contributed by atoms with Crippen LogP contribution in [-0.4, -0.2) is 51.9 Å². The number of anilines is 1. The van der Waals surface area contributed by atoms with Crippen LogP contribution in [0.15, 0.2) is 102 Å². The first kappa shape index (κ1) is 26.2. The highest BCUT2D eigenvalue weighted by Crippen LogP contribution is 2.32. The Kier molecular flexibility index (Phi) is 6.85. The van der Waals surface area contributed by atoms with E-state index in [1.165, 1.54) is 6.20 Å². The number of aromatic nitrogens is 5. The number of amides is 1. The Balaban J connectivity index is 1.12. The molecule has 9 nitrogen and oxygen atoms in total. The van der Waals surface area contributed by atoms with E-state index in [9.17, 15) is 9.00 Å². The van der Waals surface area contributed by atoms with E-state index in [1.807, 2.05) is 71.9 Å². The minimum atomic E-state index is -1.23. The Bertz CT molecular complexity index is 1940. The van der Waals surface area contributed by atoms with Crippen LogP contribution in [0.4, 0.5) is 5.82 Å². The van der Waals surface area contributed by atoms with Gasteiger partial charge < -0.3 is 5.32 Å². The van der Waals surface area contributed by atoms with Gasteiger partial charge in [0, 0.05) is 37.5 Å².